The number of carbonyl (C=O) groups excluding carboxylic acids is 4. The molecule has 0 radical (unpaired) electrons. The van der Waals surface area contributed by atoms with Crippen LogP contribution in [0.4, 0.5) is 5.69 Å². The molecule has 0 aliphatic carbocycles. The third kappa shape index (κ3) is 11.3. The zero-order valence-corrected chi connectivity index (χ0v) is 32.4. The number of anilines is 1. The lowest BCUT2D eigenvalue weighted by molar-refractivity contribution is -0.143. The van der Waals surface area contributed by atoms with Crippen LogP contribution in [0.15, 0.2) is 67.1 Å². The number of nitrogens with two attached hydrogens (primary N) is 1. The Morgan fingerprint density at radius 1 is 1.00 bits per heavy atom. The fourth-order valence-electron chi connectivity index (χ4n) is 6.45. The molecule has 0 unspecified atom stereocenters. The lowest BCUT2D eigenvalue weighted by Crippen LogP contribution is -2.57. The predicted octanol–water partition coefficient (Wildman–Crippen LogP) is 3.12. The van der Waals surface area contributed by atoms with Crippen LogP contribution in [0.25, 0.3) is 11.5 Å². The van der Waals surface area contributed by atoms with E-state index in [2.05, 4.69) is 36.1 Å². The molecule has 16 heteroatoms. The highest BCUT2D eigenvalue weighted by atomic mass is 16.5. The van der Waals surface area contributed by atoms with Gasteiger partial charge in [0.1, 0.15) is 29.9 Å². The summed E-state index contributed by atoms with van der Waals surface area (Å²) >= 11 is 0. The first-order valence-electron chi connectivity index (χ1n) is 18.9. The number of ether oxygens (including phenoxy) is 1. The van der Waals surface area contributed by atoms with Crippen molar-refractivity contribution in [3.05, 3.63) is 84.1 Å². The van der Waals surface area contributed by atoms with Gasteiger partial charge in [-0.25, -0.2) is 9.97 Å². The van der Waals surface area contributed by atoms with Gasteiger partial charge in [-0.1, -0.05) is 51.8 Å². The number of carbonyl (C=O) groups is 4. The SMILES string of the molecule is Cn1c(CNc2cccc(C(=O)NCc3cccc(OCCCCCCC(=O)N[C@H](C(=O)N4C[C@H](O)C[C@H]4C(N)=O)C(C)(C)C)c3)c2)nnc1-c1ccncn1. The van der Waals surface area contributed by atoms with Crippen molar-refractivity contribution in [2.24, 2.45) is 18.2 Å². The number of unbranched alkanes of at least 4 members (excludes halogenated alkanes) is 3. The second-order valence-electron chi connectivity index (χ2n) is 15.0. The van der Waals surface area contributed by atoms with Crippen molar-refractivity contribution in [1.82, 2.24) is 40.3 Å². The van der Waals surface area contributed by atoms with Crippen LogP contribution in [0.1, 0.15) is 81.0 Å². The van der Waals surface area contributed by atoms with Gasteiger partial charge in [-0.2, -0.15) is 0 Å². The number of aliphatic hydroxyl groups excluding tert-OH is 1. The molecule has 0 saturated carbocycles. The van der Waals surface area contributed by atoms with Crippen molar-refractivity contribution >= 4 is 29.3 Å². The number of hydrogen-bond acceptors (Lipinski definition) is 11. The molecule has 0 bridgehead atoms. The molecule has 298 valence electrons. The first-order chi connectivity index (χ1) is 26.8. The molecule has 2 aromatic carbocycles. The normalized spacial score (nSPS) is 15.9. The Hall–Kier alpha value is -5.90. The van der Waals surface area contributed by atoms with Crippen molar-refractivity contribution in [3.8, 4) is 17.3 Å². The number of β-amino-alcohol motifs (C(OH)–C–C–N with tert-alkyl or cyclic N) is 1. The van der Waals surface area contributed by atoms with Crippen LogP contribution in [-0.4, -0.2) is 89.7 Å². The molecule has 1 aliphatic heterocycles. The molecule has 6 N–H and O–H groups in total. The summed E-state index contributed by atoms with van der Waals surface area (Å²) in [5, 5.41) is 27.7. The monoisotopic (exact) mass is 768 g/mol. The van der Waals surface area contributed by atoms with Gasteiger partial charge in [0, 0.05) is 50.4 Å². The van der Waals surface area contributed by atoms with Crippen molar-refractivity contribution < 1.29 is 29.0 Å². The Kier molecular flexibility index (Phi) is 14.1. The first kappa shape index (κ1) is 41.3. The Morgan fingerprint density at radius 3 is 2.54 bits per heavy atom. The van der Waals surface area contributed by atoms with Crippen molar-refractivity contribution in [3.63, 3.8) is 0 Å². The maximum absolute atomic E-state index is 13.4. The molecule has 1 saturated heterocycles. The van der Waals surface area contributed by atoms with Crippen LogP contribution >= 0.6 is 0 Å². The van der Waals surface area contributed by atoms with E-state index in [9.17, 15) is 24.3 Å². The summed E-state index contributed by atoms with van der Waals surface area (Å²) in [7, 11) is 1.87. The van der Waals surface area contributed by atoms with E-state index < -0.39 is 35.4 Å². The lowest BCUT2D eigenvalue weighted by Gasteiger charge is -2.35. The van der Waals surface area contributed by atoms with Gasteiger partial charge in [-0.15, -0.1) is 10.2 Å². The van der Waals surface area contributed by atoms with E-state index in [1.807, 2.05) is 68.8 Å². The number of rotatable bonds is 18. The van der Waals surface area contributed by atoms with E-state index in [0.29, 0.717) is 54.8 Å². The molecule has 0 spiro atoms. The summed E-state index contributed by atoms with van der Waals surface area (Å²) < 4.78 is 7.83. The Bertz CT molecular complexity index is 1960. The van der Waals surface area contributed by atoms with Crippen LogP contribution in [0.3, 0.4) is 0 Å². The summed E-state index contributed by atoms with van der Waals surface area (Å²) in [6, 6.07) is 14.9. The van der Waals surface area contributed by atoms with Crippen molar-refractivity contribution in [1.29, 1.82) is 0 Å². The molecule has 3 atom stereocenters. The van der Waals surface area contributed by atoms with Gasteiger partial charge in [0.2, 0.25) is 17.7 Å². The van der Waals surface area contributed by atoms with Gasteiger partial charge in [0.05, 0.1) is 19.3 Å². The minimum absolute atomic E-state index is 0.00726. The van der Waals surface area contributed by atoms with Gasteiger partial charge in [0.15, 0.2) is 11.6 Å². The number of amides is 4. The summed E-state index contributed by atoms with van der Waals surface area (Å²) in [4.78, 5) is 60.6. The molecule has 1 fully saturated rings. The number of likely N-dealkylation sites (tertiary alicyclic amines) is 1. The Labute approximate surface area is 326 Å². The van der Waals surface area contributed by atoms with Crippen LogP contribution in [0.2, 0.25) is 0 Å². The maximum Gasteiger partial charge on any atom is 0.251 e. The maximum atomic E-state index is 13.4. The van der Waals surface area contributed by atoms with Crippen LogP contribution in [0, 0.1) is 5.41 Å². The predicted molar refractivity (Wildman–Crippen MR) is 209 cm³/mol. The molecule has 56 heavy (non-hydrogen) atoms. The molecule has 3 heterocycles. The third-order valence-electron chi connectivity index (χ3n) is 9.58. The number of nitrogens with one attached hydrogen (secondary N) is 3. The van der Waals surface area contributed by atoms with E-state index in [1.165, 1.54) is 11.2 Å². The second kappa shape index (κ2) is 19.1. The topological polar surface area (TPSA) is 220 Å². The van der Waals surface area contributed by atoms with Gasteiger partial charge in [-0.05, 0) is 60.2 Å². The number of aliphatic hydroxyl groups is 1. The highest BCUT2D eigenvalue weighted by molar-refractivity contribution is 5.95. The number of nitrogens with zero attached hydrogens (tertiary/aromatic N) is 6. The van der Waals surface area contributed by atoms with E-state index in [4.69, 9.17) is 10.5 Å². The van der Waals surface area contributed by atoms with Crippen LogP contribution < -0.4 is 26.4 Å². The largest absolute Gasteiger partial charge is 0.494 e. The lowest BCUT2D eigenvalue weighted by atomic mass is 9.85. The Balaban J connectivity index is 0.994. The molecular weight excluding hydrogens is 717 g/mol. The zero-order valence-electron chi connectivity index (χ0n) is 32.4. The number of hydrogen-bond donors (Lipinski definition) is 5. The van der Waals surface area contributed by atoms with Gasteiger partial charge in [0.25, 0.3) is 5.91 Å². The molecular formula is C40H52N10O6. The number of primary amides is 1. The number of aromatic nitrogens is 5. The van der Waals surface area contributed by atoms with Crippen LogP contribution in [0.5, 0.6) is 5.75 Å². The highest BCUT2D eigenvalue weighted by Gasteiger charge is 2.43. The average Bonchev–Trinajstić information content (AvgIpc) is 3.76. The smallest absolute Gasteiger partial charge is 0.251 e. The minimum atomic E-state index is -0.891. The van der Waals surface area contributed by atoms with E-state index in [1.54, 1.807) is 24.4 Å². The van der Waals surface area contributed by atoms with E-state index in [0.717, 1.165) is 30.5 Å². The van der Waals surface area contributed by atoms with Crippen molar-refractivity contribution in [2.45, 2.75) is 90.6 Å². The van der Waals surface area contributed by atoms with E-state index in [-0.39, 0.29) is 31.2 Å². The zero-order chi connectivity index (χ0) is 40.2. The molecule has 4 amide bonds. The number of benzene rings is 2. The third-order valence-corrected chi connectivity index (χ3v) is 9.58. The fourth-order valence-corrected chi connectivity index (χ4v) is 6.45. The summed E-state index contributed by atoms with van der Waals surface area (Å²) in [6.45, 7) is 6.76. The molecule has 5 rings (SSSR count). The Morgan fingerprint density at radius 2 is 1.79 bits per heavy atom. The fraction of sp³-hybridized carbons (Fsp3) is 0.450. The minimum Gasteiger partial charge on any atom is -0.494 e. The van der Waals surface area contributed by atoms with E-state index >= 15 is 0 Å². The summed E-state index contributed by atoms with van der Waals surface area (Å²) in [5.74, 6) is 0.505. The van der Waals surface area contributed by atoms with Gasteiger partial charge < -0.3 is 41.0 Å². The summed E-state index contributed by atoms with van der Waals surface area (Å²) in [5.41, 5.74) is 7.72. The molecule has 4 aromatic rings. The second-order valence-corrected chi connectivity index (χ2v) is 15.0. The standard InChI is InChI=1S/C40H52N10O6/c1-40(2,3)35(39(55)50-24-29(51)21-32(50)36(41)53)46-34(52)15-7-5-6-8-18-56-30-14-9-11-26(19-30)22-44-38(54)27-12-10-13-28(20-27)43-23-33-47-48-37(49(33)4)31-16-17-42-25-45-31/h9-14,16-17,19-20,25,29,32,35,43,51H,5-8,15,18,21-24H2,1-4H3,(H2,41,53)(H,44,54)(H,46,52)/t29-,32+,35-/m1/s1. The van der Waals surface area contributed by atoms with Gasteiger partial charge >= 0.3 is 0 Å². The summed E-state index contributed by atoms with van der Waals surface area (Å²) in [6.07, 6.45) is 5.74. The average molecular weight is 769 g/mol. The molecule has 16 nitrogen and oxygen atoms in total. The van der Waals surface area contributed by atoms with Crippen molar-refractivity contribution in [2.75, 3.05) is 18.5 Å². The highest BCUT2D eigenvalue weighted by Crippen LogP contribution is 2.26. The molecule has 2 aromatic heterocycles. The van der Waals surface area contributed by atoms with Gasteiger partial charge in [-0.3, -0.25) is 19.2 Å². The molecule has 1 aliphatic rings. The van der Waals surface area contributed by atoms with Crippen LogP contribution in [-0.2, 0) is 34.5 Å². The first-order valence-corrected chi connectivity index (χ1v) is 18.9. The quantitative estimate of drug-likeness (QED) is 0.0926.